The van der Waals surface area contributed by atoms with Crippen molar-refractivity contribution in [2.75, 3.05) is 31.3 Å². The number of nitrogens with one attached hydrogen (secondary N) is 1. The molecule has 0 amide bonds. The zero-order valence-corrected chi connectivity index (χ0v) is 12.2. The van der Waals surface area contributed by atoms with Crippen LogP contribution >= 0.6 is 11.6 Å². The van der Waals surface area contributed by atoms with E-state index in [4.69, 9.17) is 26.8 Å². The molecule has 1 aromatic rings. The number of nitrogens with two attached hydrogens (primary N) is 1. The minimum absolute atomic E-state index is 0.289. The standard InChI is InChI=1S/C14H19ClN2O3/c1-19-14(18)11-7-9(16)8-12(15)13(11)17-5-4-10-3-2-6-20-10/h7-8,10,17H,2-6,16H2,1H3. The van der Waals surface area contributed by atoms with Crippen molar-refractivity contribution >= 4 is 28.9 Å². The lowest BCUT2D eigenvalue weighted by Gasteiger charge is -2.15. The zero-order valence-electron chi connectivity index (χ0n) is 11.4. The van der Waals surface area contributed by atoms with Crippen LogP contribution in [0.25, 0.3) is 0 Å². The molecule has 0 aliphatic carbocycles. The molecule has 1 aliphatic heterocycles. The average Bonchev–Trinajstić information content (AvgIpc) is 2.93. The number of carbonyl (C=O) groups excluding carboxylic acids is 1. The Kier molecular flexibility index (Phi) is 5.09. The minimum atomic E-state index is -0.459. The van der Waals surface area contributed by atoms with E-state index in [-0.39, 0.29) is 6.10 Å². The summed E-state index contributed by atoms with van der Waals surface area (Å²) >= 11 is 6.15. The molecule has 1 aromatic carbocycles. The summed E-state index contributed by atoms with van der Waals surface area (Å²) < 4.78 is 10.3. The smallest absolute Gasteiger partial charge is 0.340 e. The quantitative estimate of drug-likeness (QED) is 0.646. The van der Waals surface area contributed by atoms with Crippen molar-refractivity contribution in [1.29, 1.82) is 0 Å². The van der Waals surface area contributed by atoms with Gasteiger partial charge in [0.25, 0.3) is 0 Å². The molecule has 20 heavy (non-hydrogen) atoms. The lowest BCUT2D eigenvalue weighted by Crippen LogP contribution is -2.15. The molecule has 1 unspecified atom stereocenters. The van der Waals surface area contributed by atoms with Crippen LogP contribution in [0.2, 0.25) is 5.02 Å². The number of esters is 1. The fourth-order valence-electron chi connectivity index (χ4n) is 2.31. The third kappa shape index (κ3) is 3.55. The van der Waals surface area contributed by atoms with Crippen molar-refractivity contribution < 1.29 is 14.3 Å². The molecule has 3 N–H and O–H groups in total. The third-order valence-corrected chi connectivity index (χ3v) is 3.61. The number of anilines is 2. The van der Waals surface area contributed by atoms with Gasteiger partial charge in [0.2, 0.25) is 0 Å². The van der Waals surface area contributed by atoms with E-state index in [9.17, 15) is 4.79 Å². The van der Waals surface area contributed by atoms with E-state index in [1.165, 1.54) is 7.11 Å². The minimum Gasteiger partial charge on any atom is -0.465 e. The number of hydrogen-bond acceptors (Lipinski definition) is 5. The van der Waals surface area contributed by atoms with Gasteiger partial charge in [0, 0.05) is 18.8 Å². The molecule has 0 spiro atoms. The first kappa shape index (κ1) is 14.9. The van der Waals surface area contributed by atoms with Crippen LogP contribution in [0.15, 0.2) is 12.1 Å². The van der Waals surface area contributed by atoms with E-state index in [2.05, 4.69) is 5.32 Å². The van der Waals surface area contributed by atoms with Gasteiger partial charge in [-0.1, -0.05) is 11.6 Å². The second kappa shape index (κ2) is 6.81. The third-order valence-electron chi connectivity index (χ3n) is 3.31. The van der Waals surface area contributed by atoms with Gasteiger partial charge in [-0.25, -0.2) is 4.79 Å². The van der Waals surface area contributed by atoms with Gasteiger partial charge in [-0.3, -0.25) is 0 Å². The molecular formula is C14H19ClN2O3. The highest BCUT2D eigenvalue weighted by molar-refractivity contribution is 6.34. The molecule has 2 rings (SSSR count). The molecule has 1 atom stereocenters. The first-order valence-electron chi connectivity index (χ1n) is 6.64. The average molecular weight is 299 g/mol. The van der Waals surface area contributed by atoms with Crippen LogP contribution in [-0.4, -0.2) is 32.3 Å². The highest BCUT2D eigenvalue weighted by Crippen LogP contribution is 2.30. The van der Waals surface area contributed by atoms with Crippen LogP contribution in [0.1, 0.15) is 29.6 Å². The molecule has 110 valence electrons. The second-order valence-corrected chi connectivity index (χ2v) is 5.17. The van der Waals surface area contributed by atoms with Crippen LogP contribution in [0.3, 0.4) is 0 Å². The lowest BCUT2D eigenvalue weighted by molar-refractivity contribution is 0.0602. The van der Waals surface area contributed by atoms with Crippen LogP contribution in [0, 0.1) is 0 Å². The van der Waals surface area contributed by atoms with Gasteiger partial charge in [-0.05, 0) is 31.4 Å². The topological polar surface area (TPSA) is 73.6 Å². The maximum atomic E-state index is 11.8. The van der Waals surface area contributed by atoms with Gasteiger partial charge in [0.1, 0.15) is 0 Å². The van der Waals surface area contributed by atoms with Crippen LogP contribution < -0.4 is 11.1 Å². The van der Waals surface area contributed by atoms with Gasteiger partial charge in [0.15, 0.2) is 0 Å². The van der Waals surface area contributed by atoms with Gasteiger partial charge >= 0.3 is 5.97 Å². The van der Waals surface area contributed by atoms with E-state index in [1.807, 2.05) is 0 Å². The van der Waals surface area contributed by atoms with Gasteiger partial charge in [0.05, 0.1) is 29.5 Å². The Hall–Kier alpha value is -1.46. The normalized spacial score (nSPS) is 18.0. The molecule has 1 fully saturated rings. The van der Waals surface area contributed by atoms with Gasteiger partial charge in [-0.15, -0.1) is 0 Å². The maximum absolute atomic E-state index is 11.8. The molecule has 1 heterocycles. The number of ether oxygens (including phenoxy) is 2. The van der Waals surface area contributed by atoms with E-state index < -0.39 is 5.97 Å². The first-order chi connectivity index (χ1) is 9.61. The second-order valence-electron chi connectivity index (χ2n) is 4.77. The van der Waals surface area contributed by atoms with E-state index >= 15 is 0 Å². The summed E-state index contributed by atoms with van der Waals surface area (Å²) in [7, 11) is 1.33. The van der Waals surface area contributed by atoms with Crippen molar-refractivity contribution in [3.05, 3.63) is 22.7 Å². The summed E-state index contributed by atoms with van der Waals surface area (Å²) in [6.07, 6.45) is 3.36. The molecule has 1 aliphatic rings. The summed E-state index contributed by atoms with van der Waals surface area (Å²) in [5.74, 6) is -0.459. The van der Waals surface area contributed by atoms with Crippen molar-refractivity contribution in [2.45, 2.75) is 25.4 Å². The Balaban J connectivity index is 2.06. The molecule has 6 heteroatoms. The van der Waals surface area contributed by atoms with Crippen molar-refractivity contribution in [3.8, 4) is 0 Å². The summed E-state index contributed by atoms with van der Waals surface area (Å²) in [5, 5.41) is 3.60. The molecule has 0 bridgehead atoms. The van der Waals surface area contributed by atoms with E-state index in [0.29, 0.717) is 28.5 Å². The lowest BCUT2D eigenvalue weighted by atomic mass is 10.1. The van der Waals surface area contributed by atoms with E-state index in [1.54, 1.807) is 12.1 Å². The molecule has 0 saturated carbocycles. The van der Waals surface area contributed by atoms with Gasteiger partial charge < -0.3 is 20.5 Å². The van der Waals surface area contributed by atoms with Crippen LogP contribution in [0.4, 0.5) is 11.4 Å². The number of methoxy groups -OCH3 is 1. The predicted molar refractivity (Wildman–Crippen MR) is 79.3 cm³/mol. The number of carbonyl (C=O) groups is 1. The Morgan fingerprint density at radius 1 is 1.60 bits per heavy atom. The van der Waals surface area contributed by atoms with Crippen molar-refractivity contribution in [1.82, 2.24) is 0 Å². The van der Waals surface area contributed by atoms with E-state index in [0.717, 1.165) is 25.9 Å². The highest BCUT2D eigenvalue weighted by atomic mass is 35.5. The number of benzene rings is 1. The number of rotatable bonds is 5. The molecule has 1 saturated heterocycles. The predicted octanol–water partition coefficient (Wildman–Crippen LogP) is 2.69. The Morgan fingerprint density at radius 3 is 3.05 bits per heavy atom. The number of hydrogen-bond donors (Lipinski definition) is 2. The van der Waals surface area contributed by atoms with Crippen molar-refractivity contribution in [2.24, 2.45) is 0 Å². The molecule has 5 nitrogen and oxygen atoms in total. The zero-order chi connectivity index (χ0) is 14.5. The fourth-order valence-corrected chi connectivity index (χ4v) is 2.60. The summed E-state index contributed by atoms with van der Waals surface area (Å²) in [6.45, 7) is 1.51. The Morgan fingerprint density at radius 2 is 2.40 bits per heavy atom. The number of halogens is 1. The highest BCUT2D eigenvalue weighted by Gasteiger charge is 2.18. The molecule has 0 aromatic heterocycles. The van der Waals surface area contributed by atoms with Gasteiger partial charge in [-0.2, -0.15) is 0 Å². The largest absolute Gasteiger partial charge is 0.465 e. The fraction of sp³-hybridized carbons (Fsp3) is 0.500. The summed E-state index contributed by atoms with van der Waals surface area (Å²) in [6, 6.07) is 3.18. The first-order valence-corrected chi connectivity index (χ1v) is 7.02. The molecule has 0 radical (unpaired) electrons. The SMILES string of the molecule is COC(=O)c1cc(N)cc(Cl)c1NCCC1CCCO1. The van der Waals surface area contributed by atoms with Crippen LogP contribution in [-0.2, 0) is 9.47 Å². The summed E-state index contributed by atoms with van der Waals surface area (Å²) in [5.41, 5.74) is 7.05. The summed E-state index contributed by atoms with van der Waals surface area (Å²) in [4.78, 5) is 11.8. The monoisotopic (exact) mass is 298 g/mol. The van der Waals surface area contributed by atoms with Crippen LogP contribution in [0.5, 0.6) is 0 Å². The molecular weight excluding hydrogens is 280 g/mol. The Labute approximate surface area is 123 Å². The number of nitrogen functional groups attached to an aromatic ring is 1. The van der Waals surface area contributed by atoms with Crippen molar-refractivity contribution in [3.63, 3.8) is 0 Å². The Bertz CT molecular complexity index is 488. The maximum Gasteiger partial charge on any atom is 0.340 e.